The average Bonchev–Trinajstić information content (AvgIpc) is 3.21. The van der Waals surface area contributed by atoms with Crippen LogP contribution in [0.1, 0.15) is 42.5 Å². The van der Waals surface area contributed by atoms with Gasteiger partial charge in [-0.2, -0.15) is 0 Å². The van der Waals surface area contributed by atoms with E-state index in [1.807, 2.05) is 21.9 Å². The molecule has 1 aliphatic carbocycles. The lowest BCUT2D eigenvalue weighted by Gasteiger charge is -2.31. The van der Waals surface area contributed by atoms with Gasteiger partial charge in [-0.05, 0) is 50.4 Å². The van der Waals surface area contributed by atoms with E-state index in [0.29, 0.717) is 37.4 Å². The molecule has 2 heterocycles. The number of amides is 3. The van der Waals surface area contributed by atoms with Crippen molar-refractivity contribution < 1.29 is 19.1 Å². The molecule has 180 valence electrons. The van der Waals surface area contributed by atoms with Crippen molar-refractivity contribution in [2.45, 2.75) is 32.1 Å². The first kappa shape index (κ1) is 23.4. The Hall–Kier alpha value is -2.81. The fourth-order valence-electron chi connectivity index (χ4n) is 4.73. The Morgan fingerprint density at radius 3 is 2.52 bits per heavy atom. The minimum atomic E-state index is -0.573. The van der Waals surface area contributed by atoms with E-state index in [1.165, 1.54) is 7.11 Å². The number of nitrogens with one attached hydrogen (secondary N) is 2. The van der Waals surface area contributed by atoms with Crippen LogP contribution >= 0.6 is 0 Å². The molecule has 1 saturated carbocycles. The van der Waals surface area contributed by atoms with Crippen LogP contribution in [-0.4, -0.2) is 87.2 Å². The SMILES string of the molecule is COC(=O)Nc1cc(C(=O)N2CCCNCC2)ccc1N1CCCN(C(=O)C2CCC2)CC1. The summed E-state index contributed by atoms with van der Waals surface area (Å²) in [4.78, 5) is 43.9. The third-order valence-electron chi connectivity index (χ3n) is 6.90. The molecule has 33 heavy (non-hydrogen) atoms. The second-order valence-electron chi connectivity index (χ2n) is 9.04. The van der Waals surface area contributed by atoms with Gasteiger partial charge < -0.3 is 24.8 Å². The van der Waals surface area contributed by atoms with Gasteiger partial charge in [-0.3, -0.25) is 14.9 Å². The zero-order valence-corrected chi connectivity index (χ0v) is 19.5. The van der Waals surface area contributed by atoms with Gasteiger partial charge in [0.2, 0.25) is 5.91 Å². The van der Waals surface area contributed by atoms with Crippen molar-refractivity contribution in [3.63, 3.8) is 0 Å². The van der Waals surface area contributed by atoms with Crippen LogP contribution in [0.15, 0.2) is 18.2 Å². The van der Waals surface area contributed by atoms with Crippen molar-refractivity contribution in [1.29, 1.82) is 0 Å². The molecule has 2 saturated heterocycles. The van der Waals surface area contributed by atoms with Crippen molar-refractivity contribution in [2.75, 3.05) is 69.7 Å². The minimum absolute atomic E-state index is 0.0358. The zero-order valence-electron chi connectivity index (χ0n) is 19.5. The monoisotopic (exact) mass is 457 g/mol. The Morgan fingerprint density at radius 1 is 0.939 bits per heavy atom. The van der Waals surface area contributed by atoms with Gasteiger partial charge in [0.15, 0.2) is 0 Å². The predicted octanol–water partition coefficient (Wildman–Crippen LogP) is 2.14. The topological polar surface area (TPSA) is 94.2 Å². The van der Waals surface area contributed by atoms with Gasteiger partial charge in [0.05, 0.1) is 18.5 Å². The third kappa shape index (κ3) is 5.58. The molecule has 3 amide bonds. The van der Waals surface area contributed by atoms with Gasteiger partial charge >= 0.3 is 6.09 Å². The number of carbonyl (C=O) groups is 3. The molecule has 3 aliphatic rings. The van der Waals surface area contributed by atoms with E-state index in [4.69, 9.17) is 4.74 Å². The van der Waals surface area contributed by atoms with Crippen molar-refractivity contribution in [3.05, 3.63) is 23.8 Å². The summed E-state index contributed by atoms with van der Waals surface area (Å²) in [5.41, 5.74) is 1.94. The quantitative estimate of drug-likeness (QED) is 0.720. The van der Waals surface area contributed by atoms with E-state index in [9.17, 15) is 14.4 Å². The molecular formula is C24H35N5O4. The summed E-state index contributed by atoms with van der Waals surface area (Å²) in [7, 11) is 1.32. The first-order valence-corrected chi connectivity index (χ1v) is 12.1. The number of anilines is 2. The fourth-order valence-corrected chi connectivity index (χ4v) is 4.73. The molecule has 0 atom stereocenters. The smallest absolute Gasteiger partial charge is 0.411 e. The molecule has 0 radical (unpaired) electrons. The number of hydrogen-bond acceptors (Lipinski definition) is 6. The number of ether oxygens (including phenoxy) is 1. The van der Waals surface area contributed by atoms with Gasteiger partial charge in [-0.25, -0.2) is 4.79 Å². The van der Waals surface area contributed by atoms with Crippen LogP contribution in [-0.2, 0) is 9.53 Å². The summed E-state index contributed by atoms with van der Waals surface area (Å²) in [6.45, 7) is 5.93. The number of rotatable bonds is 4. The highest BCUT2D eigenvalue weighted by atomic mass is 16.5. The Labute approximate surface area is 195 Å². The lowest BCUT2D eigenvalue weighted by atomic mass is 9.84. The van der Waals surface area contributed by atoms with Crippen LogP contribution in [0.3, 0.4) is 0 Å². The zero-order chi connectivity index (χ0) is 23.2. The summed E-state index contributed by atoms with van der Waals surface area (Å²) in [5, 5.41) is 6.10. The number of methoxy groups -OCH3 is 1. The molecule has 4 rings (SSSR count). The van der Waals surface area contributed by atoms with Crippen LogP contribution in [0.25, 0.3) is 0 Å². The summed E-state index contributed by atoms with van der Waals surface area (Å²) in [6.07, 6.45) is 4.37. The summed E-state index contributed by atoms with van der Waals surface area (Å²) >= 11 is 0. The number of nitrogens with zero attached hydrogens (tertiary/aromatic N) is 3. The summed E-state index contributed by atoms with van der Waals surface area (Å²) < 4.78 is 4.82. The first-order chi connectivity index (χ1) is 16.1. The second-order valence-corrected chi connectivity index (χ2v) is 9.04. The molecule has 0 bridgehead atoms. The molecule has 9 heteroatoms. The molecule has 0 spiro atoms. The molecular weight excluding hydrogens is 422 g/mol. The Bertz CT molecular complexity index is 864. The van der Waals surface area contributed by atoms with Crippen LogP contribution in [0.2, 0.25) is 0 Å². The number of hydrogen-bond donors (Lipinski definition) is 2. The highest BCUT2D eigenvalue weighted by Crippen LogP contribution is 2.31. The maximum Gasteiger partial charge on any atom is 0.411 e. The summed E-state index contributed by atoms with van der Waals surface area (Å²) in [5.74, 6) is 0.447. The van der Waals surface area contributed by atoms with Crippen LogP contribution in [0.4, 0.5) is 16.2 Å². The minimum Gasteiger partial charge on any atom is -0.453 e. The highest BCUT2D eigenvalue weighted by molar-refractivity contribution is 5.98. The molecule has 1 aromatic rings. The summed E-state index contributed by atoms with van der Waals surface area (Å²) in [6, 6.07) is 5.48. The highest BCUT2D eigenvalue weighted by Gasteiger charge is 2.31. The maximum atomic E-state index is 13.1. The normalized spacial score (nSPS) is 19.8. The van der Waals surface area contributed by atoms with E-state index in [-0.39, 0.29) is 17.7 Å². The van der Waals surface area contributed by atoms with Gasteiger partial charge in [0, 0.05) is 57.3 Å². The Morgan fingerprint density at radius 2 is 1.76 bits per heavy atom. The Balaban J connectivity index is 1.51. The van der Waals surface area contributed by atoms with E-state index in [2.05, 4.69) is 15.5 Å². The molecule has 2 aliphatic heterocycles. The third-order valence-corrected chi connectivity index (χ3v) is 6.90. The van der Waals surface area contributed by atoms with E-state index >= 15 is 0 Å². The van der Waals surface area contributed by atoms with E-state index in [0.717, 1.165) is 64.0 Å². The van der Waals surface area contributed by atoms with Crippen LogP contribution in [0.5, 0.6) is 0 Å². The standard InChI is InChI=1S/C24H35N5O4/c1-33-24(32)26-20-17-19(23(31)28-11-3-9-25-10-14-28)7-8-21(20)27-12-4-13-29(16-15-27)22(30)18-5-2-6-18/h7-8,17-18,25H,2-6,9-16H2,1H3,(H,26,32). The molecule has 0 aromatic heterocycles. The lowest BCUT2D eigenvalue weighted by molar-refractivity contribution is -0.137. The number of carbonyl (C=O) groups excluding carboxylic acids is 3. The van der Waals surface area contributed by atoms with Crippen LogP contribution in [0, 0.1) is 5.92 Å². The van der Waals surface area contributed by atoms with Crippen molar-refractivity contribution in [3.8, 4) is 0 Å². The fraction of sp³-hybridized carbons (Fsp3) is 0.625. The lowest BCUT2D eigenvalue weighted by Crippen LogP contribution is -2.41. The number of benzene rings is 1. The molecule has 2 N–H and O–H groups in total. The maximum absolute atomic E-state index is 13.1. The van der Waals surface area contributed by atoms with Crippen LogP contribution < -0.4 is 15.5 Å². The van der Waals surface area contributed by atoms with Gasteiger partial charge in [0.1, 0.15) is 0 Å². The second kappa shape index (κ2) is 10.9. The van der Waals surface area contributed by atoms with E-state index < -0.39 is 6.09 Å². The largest absolute Gasteiger partial charge is 0.453 e. The predicted molar refractivity (Wildman–Crippen MR) is 127 cm³/mol. The van der Waals surface area contributed by atoms with Crippen molar-refractivity contribution in [2.24, 2.45) is 5.92 Å². The van der Waals surface area contributed by atoms with Gasteiger partial charge in [0.25, 0.3) is 5.91 Å². The molecule has 3 fully saturated rings. The first-order valence-electron chi connectivity index (χ1n) is 12.1. The molecule has 1 aromatic carbocycles. The molecule has 9 nitrogen and oxygen atoms in total. The average molecular weight is 458 g/mol. The van der Waals surface area contributed by atoms with Gasteiger partial charge in [-0.1, -0.05) is 6.42 Å². The Kier molecular flexibility index (Phi) is 7.69. The molecule has 0 unspecified atom stereocenters. The van der Waals surface area contributed by atoms with Crippen molar-refractivity contribution >= 4 is 29.3 Å². The van der Waals surface area contributed by atoms with E-state index in [1.54, 1.807) is 6.07 Å². The van der Waals surface area contributed by atoms with Crippen molar-refractivity contribution in [1.82, 2.24) is 15.1 Å². The van der Waals surface area contributed by atoms with Gasteiger partial charge in [-0.15, -0.1) is 0 Å².